The highest BCUT2D eigenvalue weighted by Crippen LogP contribution is 2.30. The summed E-state index contributed by atoms with van der Waals surface area (Å²) in [5, 5.41) is 4.17. The highest BCUT2D eigenvalue weighted by molar-refractivity contribution is 7.92. The van der Waals surface area contributed by atoms with Crippen molar-refractivity contribution in [2.75, 3.05) is 23.4 Å². The summed E-state index contributed by atoms with van der Waals surface area (Å²) in [4.78, 5) is 18.0. The van der Waals surface area contributed by atoms with Crippen molar-refractivity contribution in [1.29, 1.82) is 0 Å². The molecule has 4 aromatic rings. The lowest BCUT2D eigenvalue weighted by atomic mass is 10.0. The van der Waals surface area contributed by atoms with Crippen LogP contribution in [0.5, 0.6) is 5.75 Å². The molecule has 168 valence electrons. The first-order chi connectivity index (χ1) is 15.7. The number of amides is 1. The molecule has 7 nitrogen and oxygen atoms in total. The van der Waals surface area contributed by atoms with E-state index >= 15 is 0 Å². The van der Waals surface area contributed by atoms with Crippen molar-refractivity contribution < 1.29 is 17.9 Å². The van der Waals surface area contributed by atoms with Crippen molar-refractivity contribution in [3.63, 3.8) is 0 Å². The number of methoxy groups -OCH3 is 1. The summed E-state index contributed by atoms with van der Waals surface area (Å²) in [5.74, 6) is -0.0608. The Morgan fingerprint density at radius 2 is 1.73 bits per heavy atom. The molecule has 3 aromatic carbocycles. The number of aromatic nitrogens is 1. The Morgan fingerprint density at radius 3 is 2.42 bits per heavy atom. The molecule has 4 rings (SSSR count). The van der Waals surface area contributed by atoms with Crippen LogP contribution in [0, 0.1) is 0 Å². The molecule has 0 saturated carbocycles. The maximum absolute atomic E-state index is 13.3. The number of hydrogen-bond acceptors (Lipinski definition) is 5. The number of fused-ring (bicyclic) bond motifs is 1. The molecule has 0 fully saturated rings. The van der Waals surface area contributed by atoms with Crippen LogP contribution >= 0.6 is 11.6 Å². The number of hydrogen-bond donors (Lipinski definition) is 2. The Labute approximate surface area is 196 Å². The van der Waals surface area contributed by atoms with Gasteiger partial charge in [0.1, 0.15) is 5.75 Å². The van der Waals surface area contributed by atoms with E-state index in [0.29, 0.717) is 32.9 Å². The molecular weight excluding hydrogens is 462 g/mol. The van der Waals surface area contributed by atoms with Gasteiger partial charge in [-0.05, 0) is 36.4 Å². The Kier molecular flexibility index (Phi) is 6.22. The lowest BCUT2D eigenvalue weighted by Gasteiger charge is -2.13. The summed E-state index contributed by atoms with van der Waals surface area (Å²) in [6.45, 7) is 0. The minimum atomic E-state index is -3.48. The second-order valence-electron chi connectivity index (χ2n) is 7.32. The third kappa shape index (κ3) is 5.24. The normalized spacial score (nSPS) is 11.2. The van der Waals surface area contributed by atoms with E-state index in [4.69, 9.17) is 21.3 Å². The molecule has 0 aliphatic heterocycles. The molecule has 33 heavy (non-hydrogen) atoms. The second kappa shape index (κ2) is 9.09. The predicted molar refractivity (Wildman–Crippen MR) is 132 cm³/mol. The molecule has 0 bridgehead atoms. The number of nitrogens with zero attached hydrogens (tertiary/aromatic N) is 1. The molecule has 9 heteroatoms. The number of benzene rings is 3. The van der Waals surface area contributed by atoms with Crippen molar-refractivity contribution >= 4 is 49.8 Å². The van der Waals surface area contributed by atoms with Crippen molar-refractivity contribution in [3.8, 4) is 17.0 Å². The topological polar surface area (TPSA) is 97.4 Å². The van der Waals surface area contributed by atoms with Gasteiger partial charge in [0.05, 0.1) is 35.8 Å². The molecule has 0 aliphatic carbocycles. The van der Waals surface area contributed by atoms with E-state index in [-0.39, 0.29) is 17.3 Å². The smallest absolute Gasteiger partial charge is 0.256 e. The van der Waals surface area contributed by atoms with Crippen LogP contribution < -0.4 is 14.8 Å². The molecule has 0 aliphatic rings. The van der Waals surface area contributed by atoms with E-state index in [1.807, 2.05) is 36.4 Å². The molecule has 0 spiro atoms. The van der Waals surface area contributed by atoms with Gasteiger partial charge in [-0.3, -0.25) is 9.52 Å². The molecule has 0 atom stereocenters. The average molecular weight is 482 g/mol. The molecular formula is C24H20ClN3O4S. The van der Waals surface area contributed by atoms with Gasteiger partial charge in [0.15, 0.2) is 0 Å². The number of carbonyl (C=O) groups excluding carboxylic acids is 1. The summed E-state index contributed by atoms with van der Waals surface area (Å²) in [5.41, 5.74) is 3.32. The lowest BCUT2D eigenvalue weighted by Crippen LogP contribution is -2.14. The SMILES string of the molecule is COc1cc(NC(=O)c2cc(-c3ccc(Cl)cc3)nc3ccccc23)ccc1NS(C)(=O)=O. The van der Waals surface area contributed by atoms with Crippen LogP contribution in [0.25, 0.3) is 22.2 Å². The zero-order valence-corrected chi connectivity index (χ0v) is 19.4. The van der Waals surface area contributed by atoms with Crippen LogP contribution in [-0.4, -0.2) is 32.7 Å². The van der Waals surface area contributed by atoms with Crippen LogP contribution in [0.4, 0.5) is 11.4 Å². The highest BCUT2D eigenvalue weighted by atomic mass is 35.5. The van der Waals surface area contributed by atoms with Crippen molar-refractivity contribution in [2.45, 2.75) is 0 Å². The van der Waals surface area contributed by atoms with Gasteiger partial charge in [-0.15, -0.1) is 0 Å². The number of pyridine rings is 1. The molecule has 1 aromatic heterocycles. The Balaban J connectivity index is 1.71. The van der Waals surface area contributed by atoms with Crippen molar-refractivity contribution in [2.24, 2.45) is 0 Å². The van der Waals surface area contributed by atoms with Crippen LogP contribution in [0.15, 0.2) is 72.8 Å². The van der Waals surface area contributed by atoms with Crippen LogP contribution in [0.1, 0.15) is 10.4 Å². The fourth-order valence-corrected chi connectivity index (χ4v) is 4.08. The van der Waals surface area contributed by atoms with Crippen LogP contribution in [0.2, 0.25) is 5.02 Å². The van der Waals surface area contributed by atoms with Gasteiger partial charge in [0, 0.05) is 27.7 Å². The first-order valence-electron chi connectivity index (χ1n) is 9.86. The van der Waals surface area contributed by atoms with E-state index in [9.17, 15) is 13.2 Å². The van der Waals surface area contributed by atoms with E-state index in [0.717, 1.165) is 11.8 Å². The van der Waals surface area contributed by atoms with Gasteiger partial charge in [-0.2, -0.15) is 0 Å². The predicted octanol–water partition coefficient (Wildman–Crippen LogP) is 5.19. The van der Waals surface area contributed by atoms with Gasteiger partial charge in [-0.1, -0.05) is 41.9 Å². The number of nitrogens with one attached hydrogen (secondary N) is 2. The van der Waals surface area contributed by atoms with Gasteiger partial charge in [-0.25, -0.2) is 13.4 Å². The highest BCUT2D eigenvalue weighted by Gasteiger charge is 2.16. The number of para-hydroxylation sites is 1. The van der Waals surface area contributed by atoms with E-state index in [1.54, 1.807) is 30.3 Å². The quantitative estimate of drug-likeness (QED) is 0.395. The van der Waals surface area contributed by atoms with E-state index in [2.05, 4.69) is 10.0 Å². The first kappa shape index (κ1) is 22.6. The number of carbonyl (C=O) groups is 1. The number of anilines is 2. The lowest BCUT2D eigenvalue weighted by molar-refractivity contribution is 0.102. The second-order valence-corrected chi connectivity index (χ2v) is 9.51. The summed E-state index contributed by atoms with van der Waals surface area (Å²) in [6, 6.07) is 21.0. The van der Waals surface area contributed by atoms with Gasteiger partial charge >= 0.3 is 0 Å². The monoisotopic (exact) mass is 481 g/mol. The summed E-state index contributed by atoms with van der Waals surface area (Å²) in [6.07, 6.45) is 1.05. The summed E-state index contributed by atoms with van der Waals surface area (Å²) >= 11 is 6.00. The molecule has 2 N–H and O–H groups in total. The maximum Gasteiger partial charge on any atom is 0.256 e. The summed E-state index contributed by atoms with van der Waals surface area (Å²) in [7, 11) is -2.06. The van der Waals surface area contributed by atoms with Crippen molar-refractivity contribution in [3.05, 3.63) is 83.4 Å². The Bertz CT molecular complexity index is 1450. The number of rotatable bonds is 6. The minimum Gasteiger partial charge on any atom is -0.494 e. The van der Waals surface area contributed by atoms with E-state index in [1.165, 1.54) is 13.2 Å². The maximum atomic E-state index is 13.3. The Morgan fingerprint density at radius 1 is 1.00 bits per heavy atom. The third-order valence-corrected chi connectivity index (χ3v) is 5.70. The molecule has 0 radical (unpaired) electrons. The number of sulfonamides is 1. The largest absolute Gasteiger partial charge is 0.494 e. The fraction of sp³-hybridized carbons (Fsp3) is 0.0833. The molecule has 1 amide bonds. The average Bonchev–Trinajstić information content (AvgIpc) is 2.78. The number of halogens is 1. The standard InChI is InChI=1S/C24H20ClN3O4S/c1-32-23-13-17(11-12-21(23)28-33(2,30)31)26-24(29)19-14-22(15-7-9-16(25)10-8-15)27-20-6-4-3-5-18(19)20/h3-14,28H,1-2H3,(H,26,29). The zero-order chi connectivity index (χ0) is 23.6. The van der Waals surface area contributed by atoms with Gasteiger partial charge in [0.25, 0.3) is 5.91 Å². The minimum absolute atomic E-state index is 0.275. The van der Waals surface area contributed by atoms with Gasteiger partial charge < -0.3 is 10.1 Å². The van der Waals surface area contributed by atoms with Crippen LogP contribution in [0.3, 0.4) is 0 Å². The fourth-order valence-electron chi connectivity index (χ4n) is 3.38. The Hall–Kier alpha value is -3.62. The number of ether oxygens (including phenoxy) is 1. The van der Waals surface area contributed by atoms with Crippen LogP contribution in [-0.2, 0) is 10.0 Å². The molecule has 1 heterocycles. The molecule has 0 unspecified atom stereocenters. The van der Waals surface area contributed by atoms with Gasteiger partial charge in [0.2, 0.25) is 10.0 Å². The van der Waals surface area contributed by atoms with E-state index < -0.39 is 10.0 Å². The summed E-state index contributed by atoms with van der Waals surface area (Å²) < 4.78 is 30.8. The van der Waals surface area contributed by atoms with Crippen molar-refractivity contribution in [1.82, 2.24) is 4.98 Å². The third-order valence-electron chi connectivity index (χ3n) is 4.86. The zero-order valence-electron chi connectivity index (χ0n) is 17.8. The molecule has 0 saturated heterocycles. The first-order valence-corrected chi connectivity index (χ1v) is 12.1.